The predicted octanol–water partition coefficient (Wildman–Crippen LogP) is 1.40. The van der Waals surface area contributed by atoms with Gasteiger partial charge in [0.25, 0.3) is 5.89 Å². The Morgan fingerprint density at radius 2 is 2.16 bits per heavy atom. The number of carbonyl (C=O) groups is 1. The number of hydrogen-bond donors (Lipinski definition) is 2. The van der Waals surface area contributed by atoms with Crippen LogP contribution in [0.2, 0.25) is 0 Å². The molecule has 0 bridgehead atoms. The van der Waals surface area contributed by atoms with Crippen LogP contribution in [-0.4, -0.2) is 35.7 Å². The number of nitrogens with one attached hydrogen (secondary N) is 2. The normalized spacial score (nSPS) is 22.9. The summed E-state index contributed by atoms with van der Waals surface area (Å²) in [6.45, 7) is 0.668. The first kappa shape index (κ1) is 13.9. The number of aromatic nitrogens is 1. The fourth-order valence-corrected chi connectivity index (χ4v) is 1.87. The Morgan fingerprint density at radius 1 is 1.47 bits per heavy atom. The van der Waals surface area contributed by atoms with Gasteiger partial charge in [-0.1, -0.05) is 0 Å². The van der Waals surface area contributed by atoms with Gasteiger partial charge in [-0.2, -0.15) is 13.2 Å². The average Bonchev–Trinajstić information content (AvgIpc) is 2.66. The van der Waals surface area contributed by atoms with Crippen LogP contribution in [0.3, 0.4) is 0 Å². The highest BCUT2D eigenvalue weighted by atomic mass is 19.4. The van der Waals surface area contributed by atoms with E-state index in [4.69, 9.17) is 4.42 Å². The summed E-state index contributed by atoms with van der Waals surface area (Å²) in [7, 11) is 0. The molecule has 0 aliphatic heterocycles. The summed E-state index contributed by atoms with van der Waals surface area (Å²) in [5, 5.41) is 5.05. The summed E-state index contributed by atoms with van der Waals surface area (Å²) in [6, 6.07) is -0.344. The van der Waals surface area contributed by atoms with Crippen LogP contribution < -0.4 is 10.6 Å². The number of aryl methyl sites for hydroxylation is 1. The van der Waals surface area contributed by atoms with Gasteiger partial charge in [-0.3, -0.25) is 4.79 Å². The molecule has 106 valence electrons. The molecule has 1 aromatic rings. The van der Waals surface area contributed by atoms with E-state index in [0.29, 0.717) is 18.6 Å². The fraction of sp³-hybridized carbons (Fsp3) is 0.636. The van der Waals surface area contributed by atoms with E-state index in [1.165, 1.54) is 6.20 Å². The lowest BCUT2D eigenvalue weighted by Gasteiger charge is -2.36. The minimum Gasteiger partial charge on any atom is -0.438 e. The van der Waals surface area contributed by atoms with Crippen LogP contribution in [0.25, 0.3) is 0 Å². The molecule has 0 atom stereocenters. The van der Waals surface area contributed by atoms with Crippen molar-refractivity contribution in [3.63, 3.8) is 0 Å². The second-order valence-electron chi connectivity index (χ2n) is 4.61. The Morgan fingerprint density at radius 3 is 2.68 bits per heavy atom. The zero-order chi connectivity index (χ0) is 14.0. The molecule has 19 heavy (non-hydrogen) atoms. The number of hydrogen-bond acceptors (Lipinski definition) is 4. The van der Waals surface area contributed by atoms with Crippen LogP contribution in [0, 0.1) is 6.92 Å². The third kappa shape index (κ3) is 3.95. The fourth-order valence-electron chi connectivity index (χ4n) is 1.87. The molecule has 0 spiro atoms. The lowest BCUT2D eigenvalue weighted by molar-refractivity contribution is -0.127. The molecule has 5 nitrogen and oxygen atoms in total. The molecule has 1 aromatic heterocycles. The number of oxazole rings is 1. The molecule has 1 heterocycles. The minimum atomic E-state index is -4.20. The highest BCUT2D eigenvalue weighted by molar-refractivity contribution is 5.89. The zero-order valence-corrected chi connectivity index (χ0v) is 10.3. The maximum atomic E-state index is 12.0. The van der Waals surface area contributed by atoms with Crippen molar-refractivity contribution >= 4 is 5.91 Å². The standard InChI is InChI=1S/C11H14F3N3O2/c1-6-4-15-10(19-6)9(18)17-8-2-7(3-8)16-5-11(12,13)14/h4,7-8,16H,2-3,5H2,1H3,(H,17,18). The molecule has 0 radical (unpaired) electrons. The van der Waals surface area contributed by atoms with Crippen LogP contribution in [0.4, 0.5) is 13.2 Å². The Hall–Kier alpha value is -1.57. The third-order valence-electron chi connectivity index (χ3n) is 2.88. The van der Waals surface area contributed by atoms with E-state index in [1.807, 2.05) is 0 Å². The van der Waals surface area contributed by atoms with Gasteiger partial charge < -0.3 is 15.1 Å². The first-order valence-corrected chi connectivity index (χ1v) is 5.87. The third-order valence-corrected chi connectivity index (χ3v) is 2.88. The Balaban J connectivity index is 1.69. The van der Waals surface area contributed by atoms with Gasteiger partial charge in [-0.25, -0.2) is 4.98 Å². The van der Waals surface area contributed by atoms with Crippen LogP contribution >= 0.6 is 0 Å². The molecule has 0 unspecified atom stereocenters. The number of alkyl halides is 3. The number of halogens is 3. The highest BCUT2D eigenvalue weighted by Gasteiger charge is 2.34. The smallest absolute Gasteiger partial charge is 0.401 e. The molecule has 2 rings (SSSR count). The molecule has 8 heteroatoms. The summed E-state index contributed by atoms with van der Waals surface area (Å²) in [5.41, 5.74) is 0. The summed E-state index contributed by atoms with van der Waals surface area (Å²) in [6.07, 6.45) is -1.82. The van der Waals surface area contributed by atoms with E-state index >= 15 is 0 Å². The minimum absolute atomic E-state index is 0.0239. The summed E-state index contributed by atoms with van der Waals surface area (Å²) in [5.74, 6) is 0.0695. The molecule has 1 aliphatic rings. The SMILES string of the molecule is Cc1cnc(C(=O)NC2CC(NCC(F)(F)F)C2)o1. The molecule has 0 saturated heterocycles. The molecule has 1 amide bonds. The van der Waals surface area contributed by atoms with Gasteiger partial charge in [0.2, 0.25) is 0 Å². The van der Waals surface area contributed by atoms with Gasteiger partial charge in [0, 0.05) is 12.1 Å². The molecule has 1 saturated carbocycles. The van der Waals surface area contributed by atoms with Crippen LogP contribution in [-0.2, 0) is 0 Å². The largest absolute Gasteiger partial charge is 0.438 e. The van der Waals surface area contributed by atoms with Gasteiger partial charge in [-0.05, 0) is 19.8 Å². The summed E-state index contributed by atoms with van der Waals surface area (Å²) < 4.78 is 40.9. The summed E-state index contributed by atoms with van der Waals surface area (Å²) >= 11 is 0. The van der Waals surface area contributed by atoms with Crippen LogP contribution in [0.15, 0.2) is 10.6 Å². The van der Waals surface area contributed by atoms with Crippen molar-refractivity contribution in [2.75, 3.05) is 6.54 Å². The van der Waals surface area contributed by atoms with E-state index in [2.05, 4.69) is 15.6 Å². The van der Waals surface area contributed by atoms with Crippen molar-refractivity contribution in [1.82, 2.24) is 15.6 Å². The Kier molecular flexibility index (Phi) is 3.79. The van der Waals surface area contributed by atoms with E-state index in [0.717, 1.165) is 0 Å². The number of amides is 1. The monoisotopic (exact) mass is 277 g/mol. The second-order valence-corrected chi connectivity index (χ2v) is 4.61. The van der Waals surface area contributed by atoms with Crippen LogP contribution in [0.5, 0.6) is 0 Å². The lowest BCUT2D eigenvalue weighted by Crippen LogP contribution is -2.53. The van der Waals surface area contributed by atoms with Crippen molar-refractivity contribution in [2.45, 2.75) is 38.0 Å². The molecule has 1 fully saturated rings. The van der Waals surface area contributed by atoms with E-state index in [1.54, 1.807) is 6.92 Å². The molecular weight excluding hydrogens is 263 g/mol. The lowest BCUT2D eigenvalue weighted by atomic mass is 9.86. The highest BCUT2D eigenvalue weighted by Crippen LogP contribution is 2.22. The molecule has 0 aromatic carbocycles. The van der Waals surface area contributed by atoms with Gasteiger partial charge in [0.1, 0.15) is 5.76 Å². The van der Waals surface area contributed by atoms with Gasteiger partial charge >= 0.3 is 12.1 Å². The zero-order valence-electron chi connectivity index (χ0n) is 10.3. The first-order chi connectivity index (χ1) is 8.83. The van der Waals surface area contributed by atoms with Gasteiger partial charge in [0.15, 0.2) is 0 Å². The maximum absolute atomic E-state index is 12.0. The Bertz CT molecular complexity index is 452. The molecular formula is C11H14F3N3O2. The molecule has 2 N–H and O–H groups in total. The first-order valence-electron chi connectivity index (χ1n) is 5.87. The topological polar surface area (TPSA) is 67.2 Å². The summed E-state index contributed by atoms with van der Waals surface area (Å²) in [4.78, 5) is 15.4. The Labute approximate surface area is 107 Å². The van der Waals surface area contributed by atoms with E-state index in [-0.39, 0.29) is 18.0 Å². The van der Waals surface area contributed by atoms with Crippen molar-refractivity contribution in [1.29, 1.82) is 0 Å². The van der Waals surface area contributed by atoms with Crippen molar-refractivity contribution < 1.29 is 22.4 Å². The van der Waals surface area contributed by atoms with E-state index < -0.39 is 18.6 Å². The van der Waals surface area contributed by atoms with Gasteiger partial charge in [0.05, 0.1) is 12.7 Å². The van der Waals surface area contributed by atoms with Gasteiger partial charge in [-0.15, -0.1) is 0 Å². The van der Waals surface area contributed by atoms with Crippen molar-refractivity contribution in [3.8, 4) is 0 Å². The van der Waals surface area contributed by atoms with Crippen molar-refractivity contribution in [2.24, 2.45) is 0 Å². The number of nitrogens with zero attached hydrogens (tertiary/aromatic N) is 1. The van der Waals surface area contributed by atoms with Crippen molar-refractivity contribution in [3.05, 3.63) is 17.8 Å². The van der Waals surface area contributed by atoms with E-state index in [9.17, 15) is 18.0 Å². The second kappa shape index (κ2) is 5.20. The predicted molar refractivity (Wildman–Crippen MR) is 59.6 cm³/mol. The molecule has 1 aliphatic carbocycles. The number of carbonyl (C=O) groups excluding carboxylic acids is 1. The maximum Gasteiger partial charge on any atom is 0.401 e. The quantitative estimate of drug-likeness (QED) is 0.873. The number of rotatable bonds is 4. The average molecular weight is 277 g/mol. The van der Waals surface area contributed by atoms with Crippen LogP contribution in [0.1, 0.15) is 29.3 Å².